The quantitative estimate of drug-likeness (QED) is 0.760. The van der Waals surface area contributed by atoms with E-state index in [-0.39, 0.29) is 23.1 Å². The Morgan fingerprint density at radius 1 is 1.29 bits per heavy atom. The third kappa shape index (κ3) is 2.34. The van der Waals surface area contributed by atoms with Crippen molar-refractivity contribution in [3.8, 4) is 0 Å². The number of nitrogens with zero attached hydrogens (tertiary/aromatic N) is 3. The minimum absolute atomic E-state index is 0.111. The molecule has 0 aliphatic carbocycles. The molecular weight excluding hydrogens is 296 g/mol. The van der Waals surface area contributed by atoms with Gasteiger partial charge in [-0.2, -0.15) is 4.31 Å². The number of rotatable bonds is 2. The van der Waals surface area contributed by atoms with Crippen LogP contribution in [0.5, 0.6) is 0 Å². The summed E-state index contributed by atoms with van der Waals surface area (Å²) in [7, 11) is -3.68. The van der Waals surface area contributed by atoms with Crippen molar-refractivity contribution < 1.29 is 17.7 Å². The smallest absolute Gasteiger partial charge is 0.248 e. The summed E-state index contributed by atoms with van der Waals surface area (Å²) < 4.78 is 31.8. The topological polar surface area (TPSA) is 95.8 Å². The molecule has 2 aliphatic rings. The maximum Gasteiger partial charge on any atom is 0.248 e. The lowest BCUT2D eigenvalue weighted by Gasteiger charge is -2.42. The monoisotopic (exact) mass is 314 g/mol. The first-order valence-corrected chi connectivity index (χ1v) is 8.30. The lowest BCUT2D eigenvalue weighted by atomic mass is 10.1. The first-order chi connectivity index (χ1) is 9.91. The molecule has 2 saturated heterocycles. The number of hydrogen-bond donors (Lipinski definition) is 1. The number of sulfonamides is 1. The molecular formula is C12H18N4O4S. The Balaban J connectivity index is 1.89. The number of piperazine rings is 2. The fourth-order valence-corrected chi connectivity index (χ4v) is 4.67. The van der Waals surface area contributed by atoms with Crippen molar-refractivity contribution in [2.45, 2.75) is 24.8 Å². The van der Waals surface area contributed by atoms with E-state index in [1.807, 2.05) is 4.90 Å². The zero-order valence-electron chi connectivity index (χ0n) is 12.0. The van der Waals surface area contributed by atoms with Crippen LogP contribution in [-0.2, 0) is 14.8 Å². The van der Waals surface area contributed by atoms with Crippen molar-refractivity contribution in [3.05, 3.63) is 11.5 Å². The van der Waals surface area contributed by atoms with Crippen LogP contribution < -0.4 is 5.32 Å². The van der Waals surface area contributed by atoms with Crippen LogP contribution in [0.4, 0.5) is 0 Å². The highest BCUT2D eigenvalue weighted by Gasteiger charge is 2.40. The third-order valence-electron chi connectivity index (χ3n) is 4.02. The zero-order valence-corrected chi connectivity index (χ0v) is 12.8. The molecule has 1 N–H and O–H groups in total. The molecule has 3 heterocycles. The second-order valence-electron chi connectivity index (χ2n) is 5.36. The zero-order chi connectivity index (χ0) is 15.2. The van der Waals surface area contributed by atoms with Gasteiger partial charge in [-0.3, -0.25) is 9.69 Å². The summed E-state index contributed by atoms with van der Waals surface area (Å²) >= 11 is 0. The predicted molar refractivity (Wildman–Crippen MR) is 73.1 cm³/mol. The molecule has 0 spiro atoms. The molecule has 0 bridgehead atoms. The highest BCUT2D eigenvalue weighted by molar-refractivity contribution is 7.89. The van der Waals surface area contributed by atoms with Crippen LogP contribution in [0, 0.1) is 13.8 Å². The standard InChI is InChI=1S/C12H18N4O4S/c1-8-11(9(2)20-14-8)21(18,19)16-6-5-15-4-3-13-12(17)10(15)7-16/h10H,3-7H2,1-2H3,(H,13,17)/t10-/m0/s1. The van der Waals surface area contributed by atoms with Gasteiger partial charge in [-0.1, -0.05) is 5.16 Å². The van der Waals surface area contributed by atoms with E-state index in [2.05, 4.69) is 10.5 Å². The van der Waals surface area contributed by atoms with Gasteiger partial charge in [-0.25, -0.2) is 8.42 Å². The highest BCUT2D eigenvalue weighted by atomic mass is 32.2. The van der Waals surface area contributed by atoms with Gasteiger partial charge in [0.05, 0.1) is 0 Å². The van der Waals surface area contributed by atoms with E-state index < -0.39 is 16.1 Å². The van der Waals surface area contributed by atoms with Crippen LogP contribution >= 0.6 is 0 Å². The van der Waals surface area contributed by atoms with Gasteiger partial charge in [-0.15, -0.1) is 0 Å². The maximum absolute atomic E-state index is 12.7. The maximum atomic E-state index is 12.7. The summed E-state index contributed by atoms with van der Waals surface area (Å²) in [6, 6.07) is -0.414. The number of fused-ring (bicyclic) bond motifs is 1. The number of hydrogen-bond acceptors (Lipinski definition) is 6. The van der Waals surface area contributed by atoms with Gasteiger partial charge >= 0.3 is 0 Å². The average Bonchev–Trinajstić information content (AvgIpc) is 2.79. The van der Waals surface area contributed by atoms with E-state index in [1.165, 1.54) is 4.31 Å². The Hall–Kier alpha value is -1.45. The minimum atomic E-state index is -3.68. The number of aryl methyl sites for hydroxylation is 2. The molecule has 3 rings (SSSR count). The van der Waals surface area contributed by atoms with Gasteiger partial charge in [0.1, 0.15) is 16.6 Å². The largest absolute Gasteiger partial charge is 0.360 e. The van der Waals surface area contributed by atoms with Gasteiger partial charge in [-0.05, 0) is 13.8 Å². The van der Waals surface area contributed by atoms with Gasteiger partial charge in [0, 0.05) is 32.7 Å². The van der Waals surface area contributed by atoms with Crippen LogP contribution in [0.3, 0.4) is 0 Å². The molecule has 0 unspecified atom stereocenters. The molecule has 0 radical (unpaired) electrons. The molecule has 9 heteroatoms. The van der Waals surface area contributed by atoms with Gasteiger partial charge in [0.2, 0.25) is 15.9 Å². The Bertz CT molecular complexity index is 649. The van der Waals surface area contributed by atoms with E-state index in [0.717, 1.165) is 6.54 Å². The lowest BCUT2D eigenvalue weighted by Crippen LogP contribution is -2.64. The van der Waals surface area contributed by atoms with Crippen molar-refractivity contribution in [2.75, 3.05) is 32.7 Å². The molecule has 21 heavy (non-hydrogen) atoms. The predicted octanol–water partition coefficient (Wildman–Crippen LogP) is -0.904. The first kappa shape index (κ1) is 14.5. The van der Waals surface area contributed by atoms with E-state index >= 15 is 0 Å². The summed E-state index contributed by atoms with van der Waals surface area (Å²) in [6.45, 7) is 5.65. The Morgan fingerprint density at radius 3 is 2.71 bits per heavy atom. The van der Waals surface area contributed by atoms with Crippen molar-refractivity contribution in [1.82, 2.24) is 19.7 Å². The molecule has 1 amide bonds. The molecule has 2 fully saturated rings. The van der Waals surface area contributed by atoms with Crippen LogP contribution in [-0.4, -0.2) is 67.5 Å². The van der Waals surface area contributed by atoms with E-state index in [9.17, 15) is 13.2 Å². The molecule has 0 aromatic carbocycles. The fraction of sp³-hybridized carbons (Fsp3) is 0.667. The van der Waals surface area contributed by atoms with Gasteiger partial charge < -0.3 is 9.84 Å². The van der Waals surface area contributed by atoms with Gasteiger partial charge in [0.15, 0.2) is 5.76 Å². The average molecular weight is 314 g/mol. The molecule has 1 aromatic rings. The molecule has 116 valence electrons. The number of amides is 1. The number of carbonyl (C=O) groups excluding carboxylic acids is 1. The van der Waals surface area contributed by atoms with Crippen molar-refractivity contribution in [2.24, 2.45) is 0 Å². The van der Waals surface area contributed by atoms with E-state index in [0.29, 0.717) is 25.3 Å². The molecule has 1 aromatic heterocycles. The molecule has 8 nitrogen and oxygen atoms in total. The molecule has 2 aliphatic heterocycles. The second kappa shape index (κ2) is 5.08. The van der Waals surface area contributed by atoms with E-state index in [4.69, 9.17) is 4.52 Å². The van der Waals surface area contributed by atoms with Gasteiger partial charge in [0.25, 0.3) is 0 Å². The van der Waals surface area contributed by atoms with Crippen LogP contribution in [0.2, 0.25) is 0 Å². The lowest BCUT2D eigenvalue weighted by molar-refractivity contribution is -0.130. The third-order valence-corrected chi connectivity index (χ3v) is 6.13. The number of aromatic nitrogens is 1. The summed E-state index contributed by atoms with van der Waals surface area (Å²) in [5.74, 6) is 0.169. The highest BCUT2D eigenvalue weighted by Crippen LogP contribution is 2.25. The summed E-state index contributed by atoms with van der Waals surface area (Å²) in [5.41, 5.74) is 0.350. The van der Waals surface area contributed by atoms with Crippen molar-refractivity contribution >= 4 is 15.9 Å². The summed E-state index contributed by atoms with van der Waals surface area (Å²) in [4.78, 5) is 14.1. The van der Waals surface area contributed by atoms with Crippen molar-refractivity contribution in [3.63, 3.8) is 0 Å². The fourth-order valence-electron chi connectivity index (χ4n) is 2.94. The van der Waals surface area contributed by atoms with E-state index in [1.54, 1.807) is 13.8 Å². The molecule has 0 saturated carbocycles. The van der Waals surface area contributed by atoms with Crippen molar-refractivity contribution in [1.29, 1.82) is 0 Å². The second-order valence-corrected chi connectivity index (χ2v) is 7.23. The Morgan fingerprint density at radius 2 is 2.05 bits per heavy atom. The first-order valence-electron chi connectivity index (χ1n) is 6.86. The van der Waals surface area contributed by atoms with Crippen LogP contribution in [0.25, 0.3) is 0 Å². The summed E-state index contributed by atoms with van der Waals surface area (Å²) in [5, 5.41) is 6.48. The Labute approximate surface area is 123 Å². The SMILES string of the molecule is Cc1noc(C)c1S(=O)(=O)N1CCN2CCNC(=O)[C@@H]2C1. The number of nitrogens with one attached hydrogen (secondary N) is 1. The normalized spacial score (nSPS) is 24.7. The summed E-state index contributed by atoms with van der Waals surface area (Å²) in [6.07, 6.45) is 0. The number of carbonyl (C=O) groups is 1. The van der Waals surface area contributed by atoms with Crippen LogP contribution in [0.1, 0.15) is 11.5 Å². The molecule has 1 atom stereocenters. The van der Waals surface area contributed by atoms with Crippen LogP contribution in [0.15, 0.2) is 9.42 Å². The minimum Gasteiger partial charge on any atom is -0.360 e. The Kier molecular flexibility index (Phi) is 3.50.